The number of oxime groups is 1. The number of urea groups is 1. The molecule has 6 rings (SSSR count). The first-order valence-electron chi connectivity index (χ1n) is 16.0. The van der Waals surface area contributed by atoms with E-state index in [2.05, 4.69) is 67.6 Å². The summed E-state index contributed by atoms with van der Waals surface area (Å²) in [6, 6.07) is 19.8. The number of nitrogens with one attached hydrogen (secondary N) is 1. The zero-order valence-electron chi connectivity index (χ0n) is 24.7. The normalized spacial score (nSPS) is 24.7. The lowest BCUT2D eigenvalue weighted by molar-refractivity contribution is 0.0931. The summed E-state index contributed by atoms with van der Waals surface area (Å²) < 4.78 is 0. The summed E-state index contributed by atoms with van der Waals surface area (Å²) in [4.78, 5) is 33.6. The minimum absolute atomic E-state index is 0.0396. The van der Waals surface area contributed by atoms with E-state index in [4.69, 9.17) is 5.21 Å². The molecule has 4 aliphatic rings. The third-order valence-electron chi connectivity index (χ3n) is 9.98. The molecule has 1 unspecified atom stereocenters. The molecule has 224 valence electrons. The van der Waals surface area contributed by atoms with Crippen molar-refractivity contribution in [1.29, 1.82) is 0 Å². The average Bonchev–Trinajstić information content (AvgIpc) is 3.40. The van der Waals surface area contributed by atoms with E-state index < -0.39 is 0 Å². The lowest BCUT2D eigenvalue weighted by Gasteiger charge is -2.39. The number of piperidine rings is 1. The standard InChI is InChI=1S/C34H45N5O3/c40-33(35-28-15-17-29(36-42)18-16-28)27-13-11-25(12-14-27)23-37-21-19-31(20-22-37)39-32(26-7-3-1-4-8-26)24-38(34(39)41)30-9-5-2-6-10-30/h1,3-4,7-8,11-14,28,30-32,42H,2,5-6,9-10,15-24H2,(H,35,40). The van der Waals surface area contributed by atoms with E-state index in [1.807, 2.05) is 12.1 Å². The van der Waals surface area contributed by atoms with Gasteiger partial charge in [0.15, 0.2) is 0 Å². The molecule has 2 N–H and O–H groups in total. The predicted octanol–water partition coefficient (Wildman–Crippen LogP) is 5.97. The smallest absolute Gasteiger partial charge is 0.321 e. The van der Waals surface area contributed by atoms with Gasteiger partial charge >= 0.3 is 6.03 Å². The number of hydrogen-bond donors (Lipinski definition) is 2. The molecule has 3 amide bonds. The van der Waals surface area contributed by atoms with Gasteiger partial charge in [0.2, 0.25) is 0 Å². The van der Waals surface area contributed by atoms with Crippen LogP contribution in [0.4, 0.5) is 4.79 Å². The van der Waals surface area contributed by atoms with Gasteiger partial charge in [0, 0.05) is 49.9 Å². The lowest BCUT2D eigenvalue weighted by atomic mass is 9.93. The highest BCUT2D eigenvalue weighted by atomic mass is 16.4. The summed E-state index contributed by atoms with van der Waals surface area (Å²) in [5.41, 5.74) is 3.96. The van der Waals surface area contributed by atoms with Crippen LogP contribution < -0.4 is 5.32 Å². The van der Waals surface area contributed by atoms with Gasteiger partial charge in [0.25, 0.3) is 5.91 Å². The number of hydrogen-bond acceptors (Lipinski definition) is 5. The highest BCUT2D eigenvalue weighted by Gasteiger charge is 2.45. The van der Waals surface area contributed by atoms with Crippen molar-refractivity contribution >= 4 is 17.6 Å². The molecule has 8 nitrogen and oxygen atoms in total. The molecule has 2 aromatic rings. The lowest BCUT2D eigenvalue weighted by Crippen LogP contribution is -2.48. The molecule has 0 radical (unpaired) electrons. The third-order valence-corrected chi connectivity index (χ3v) is 9.98. The van der Waals surface area contributed by atoms with E-state index >= 15 is 0 Å². The van der Waals surface area contributed by atoms with E-state index in [0.29, 0.717) is 11.6 Å². The van der Waals surface area contributed by atoms with Crippen molar-refractivity contribution in [3.05, 3.63) is 71.3 Å². The fourth-order valence-electron chi connectivity index (χ4n) is 7.52. The number of carbonyl (C=O) groups is 2. The number of amides is 3. The Kier molecular flexibility index (Phi) is 9.08. The fourth-order valence-corrected chi connectivity index (χ4v) is 7.52. The molecule has 2 aliphatic heterocycles. The number of benzene rings is 2. The highest BCUT2D eigenvalue weighted by Crippen LogP contribution is 2.38. The van der Waals surface area contributed by atoms with Crippen LogP contribution in [-0.2, 0) is 6.54 Å². The highest BCUT2D eigenvalue weighted by molar-refractivity contribution is 5.94. The Hall–Kier alpha value is -3.39. The van der Waals surface area contributed by atoms with E-state index in [1.165, 1.54) is 30.4 Å². The summed E-state index contributed by atoms with van der Waals surface area (Å²) in [6.07, 6.45) is 11.1. The second-order valence-corrected chi connectivity index (χ2v) is 12.7. The van der Waals surface area contributed by atoms with Crippen molar-refractivity contribution in [2.45, 2.75) is 101 Å². The van der Waals surface area contributed by atoms with Crippen LogP contribution >= 0.6 is 0 Å². The molecule has 2 aliphatic carbocycles. The monoisotopic (exact) mass is 571 g/mol. The first-order valence-corrected chi connectivity index (χ1v) is 16.0. The van der Waals surface area contributed by atoms with Crippen LogP contribution in [0.3, 0.4) is 0 Å². The van der Waals surface area contributed by atoms with Crippen molar-refractivity contribution in [3.63, 3.8) is 0 Å². The van der Waals surface area contributed by atoms with Crippen LogP contribution in [0, 0.1) is 0 Å². The maximum Gasteiger partial charge on any atom is 0.321 e. The van der Waals surface area contributed by atoms with E-state index in [-0.39, 0.29) is 30.1 Å². The molecule has 2 aromatic carbocycles. The number of carbonyl (C=O) groups excluding carboxylic acids is 2. The molecular weight excluding hydrogens is 526 g/mol. The van der Waals surface area contributed by atoms with Crippen LogP contribution in [-0.4, -0.2) is 75.3 Å². The van der Waals surface area contributed by atoms with Crippen molar-refractivity contribution in [2.75, 3.05) is 19.6 Å². The maximum absolute atomic E-state index is 13.9. The van der Waals surface area contributed by atoms with Gasteiger partial charge in [-0.3, -0.25) is 9.69 Å². The molecule has 0 spiro atoms. The van der Waals surface area contributed by atoms with Gasteiger partial charge in [-0.05, 0) is 74.6 Å². The molecule has 4 fully saturated rings. The summed E-state index contributed by atoms with van der Waals surface area (Å²) in [5.74, 6) is -0.0396. The molecule has 8 heteroatoms. The van der Waals surface area contributed by atoms with Gasteiger partial charge in [-0.15, -0.1) is 0 Å². The molecule has 1 atom stereocenters. The zero-order chi connectivity index (χ0) is 28.9. The summed E-state index contributed by atoms with van der Waals surface area (Å²) in [6.45, 7) is 3.59. The first kappa shape index (κ1) is 28.7. The van der Waals surface area contributed by atoms with Crippen molar-refractivity contribution in [2.24, 2.45) is 5.16 Å². The second-order valence-electron chi connectivity index (χ2n) is 12.7. The zero-order valence-corrected chi connectivity index (χ0v) is 24.7. The van der Waals surface area contributed by atoms with Gasteiger partial charge in [-0.2, -0.15) is 0 Å². The average molecular weight is 572 g/mol. The SMILES string of the molecule is O=C(NC1CCC(=NO)CC1)c1ccc(CN2CCC(N3C(=O)N(C4CCCCC4)CC3c3ccccc3)CC2)cc1. The minimum atomic E-state index is -0.0396. The second kappa shape index (κ2) is 13.3. The molecule has 2 saturated carbocycles. The van der Waals surface area contributed by atoms with Crippen LogP contribution in [0.1, 0.15) is 98.2 Å². The first-order chi connectivity index (χ1) is 20.6. The Morgan fingerprint density at radius 1 is 0.857 bits per heavy atom. The Morgan fingerprint density at radius 3 is 2.21 bits per heavy atom. The van der Waals surface area contributed by atoms with Gasteiger partial charge in [0.05, 0.1) is 11.8 Å². The third kappa shape index (κ3) is 6.48. The van der Waals surface area contributed by atoms with Gasteiger partial charge in [-0.1, -0.05) is 66.9 Å². The fraction of sp³-hybridized carbons (Fsp3) is 0.559. The number of likely N-dealkylation sites (tertiary alicyclic amines) is 1. The largest absolute Gasteiger partial charge is 0.411 e. The Bertz CT molecular complexity index is 1230. The van der Waals surface area contributed by atoms with Crippen LogP contribution in [0.25, 0.3) is 0 Å². The van der Waals surface area contributed by atoms with Crippen molar-refractivity contribution in [3.8, 4) is 0 Å². The Morgan fingerprint density at radius 2 is 1.55 bits per heavy atom. The Labute approximate surface area is 249 Å². The van der Waals surface area contributed by atoms with Gasteiger partial charge in [0.1, 0.15) is 0 Å². The maximum atomic E-state index is 13.9. The van der Waals surface area contributed by atoms with E-state index in [1.54, 1.807) is 0 Å². The molecule has 0 aromatic heterocycles. The number of nitrogens with zero attached hydrogens (tertiary/aromatic N) is 4. The molecule has 42 heavy (non-hydrogen) atoms. The van der Waals surface area contributed by atoms with Gasteiger partial charge < -0.3 is 20.3 Å². The van der Waals surface area contributed by atoms with E-state index in [0.717, 1.165) is 83.3 Å². The Balaban J connectivity index is 1.03. The topological polar surface area (TPSA) is 88.5 Å². The summed E-state index contributed by atoms with van der Waals surface area (Å²) in [5, 5.41) is 15.4. The molecule has 2 saturated heterocycles. The summed E-state index contributed by atoms with van der Waals surface area (Å²) in [7, 11) is 0. The minimum Gasteiger partial charge on any atom is -0.411 e. The predicted molar refractivity (Wildman–Crippen MR) is 164 cm³/mol. The quantitative estimate of drug-likeness (QED) is 0.317. The number of rotatable bonds is 7. The molecule has 0 bridgehead atoms. The van der Waals surface area contributed by atoms with Crippen molar-refractivity contribution < 1.29 is 14.8 Å². The van der Waals surface area contributed by atoms with Crippen LogP contribution in [0.15, 0.2) is 59.8 Å². The van der Waals surface area contributed by atoms with E-state index in [9.17, 15) is 9.59 Å². The molecule has 2 heterocycles. The van der Waals surface area contributed by atoms with Gasteiger partial charge in [-0.25, -0.2) is 4.79 Å². The van der Waals surface area contributed by atoms with Crippen molar-refractivity contribution in [1.82, 2.24) is 20.0 Å². The summed E-state index contributed by atoms with van der Waals surface area (Å²) >= 11 is 0. The molecular formula is C34H45N5O3. The van der Waals surface area contributed by atoms with Crippen LogP contribution in [0.5, 0.6) is 0 Å². The van der Waals surface area contributed by atoms with Crippen LogP contribution in [0.2, 0.25) is 0 Å².